The average Bonchev–Trinajstić information content (AvgIpc) is 3.01. The number of nitrogens with zero attached hydrogens (tertiary/aromatic N) is 2. The Bertz CT molecular complexity index is 269. The van der Waals surface area contributed by atoms with Crippen LogP contribution in [0.5, 0.6) is 0 Å². The fourth-order valence-electron chi connectivity index (χ4n) is 1.13. The van der Waals surface area contributed by atoms with Crippen LogP contribution in [0, 0.1) is 24.7 Å². The molecule has 0 radical (unpaired) electrons. The number of hydrogen-bond donors (Lipinski definition) is 0. The van der Waals surface area contributed by atoms with Crippen LogP contribution in [0.3, 0.4) is 0 Å². The molecule has 0 fully saturated rings. The van der Waals surface area contributed by atoms with Gasteiger partial charge in [-0.1, -0.05) is 11.8 Å². The summed E-state index contributed by atoms with van der Waals surface area (Å²) >= 11 is 0. The summed E-state index contributed by atoms with van der Waals surface area (Å²) in [6.45, 7) is 1.83. The fraction of sp³-hybridized carbons (Fsp3) is 0.636. The summed E-state index contributed by atoms with van der Waals surface area (Å²) in [7, 11) is 0. The summed E-state index contributed by atoms with van der Waals surface area (Å²) in [5.41, 5.74) is -0.288. The predicted octanol–water partition coefficient (Wildman–Crippen LogP) is 1.23. The molecule has 80 valence electrons. The van der Waals surface area contributed by atoms with Gasteiger partial charge in [-0.25, -0.2) is 0 Å². The lowest BCUT2D eigenvalue weighted by Gasteiger charge is -2.09. The Morgan fingerprint density at radius 1 is 0.933 bits per heavy atom. The van der Waals surface area contributed by atoms with E-state index in [9.17, 15) is 0 Å². The Balaban J connectivity index is 2.02. The first-order valence-electron chi connectivity index (χ1n) is 4.79. The van der Waals surface area contributed by atoms with Crippen LogP contribution in [-0.2, 0) is 9.47 Å². The van der Waals surface area contributed by atoms with Crippen LogP contribution < -0.4 is 0 Å². The molecule has 0 aliphatic carbocycles. The van der Waals surface area contributed by atoms with Crippen molar-refractivity contribution in [3.63, 3.8) is 0 Å². The van der Waals surface area contributed by atoms with Gasteiger partial charge in [-0.2, -0.15) is 10.2 Å². The van der Waals surface area contributed by atoms with Gasteiger partial charge >= 0.3 is 0 Å². The van der Waals surface area contributed by atoms with Gasteiger partial charge in [0.1, 0.15) is 13.2 Å². The van der Waals surface area contributed by atoms with Crippen molar-refractivity contribution < 1.29 is 9.47 Å². The van der Waals surface area contributed by atoms with E-state index in [1.807, 2.05) is 0 Å². The molecule has 4 heteroatoms. The summed E-state index contributed by atoms with van der Waals surface area (Å²) < 4.78 is 10.3. The van der Waals surface area contributed by atoms with Crippen molar-refractivity contribution in [1.29, 1.82) is 0 Å². The van der Waals surface area contributed by atoms with Gasteiger partial charge in [0.15, 0.2) is 5.66 Å². The first kappa shape index (κ1) is 11.7. The van der Waals surface area contributed by atoms with Crippen LogP contribution in [0.2, 0.25) is 0 Å². The minimum absolute atomic E-state index is 0.288. The number of hydrogen-bond acceptors (Lipinski definition) is 4. The Labute approximate surface area is 90.1 Å². The van der Waals surface area contributed by atoms with E-state index in [-0.39, 0.29) is 5.66 Å². The summed E-state index contributed by atoms with van der Waals surface area (Å²) in [6.07, 6.45) is 11.6. The van der Waals surface area contributed by atoms with Gasteiger partial charge in [0.05, 0.1) is 13.2 Å². The van der Waals surface area contributed by atoms with Crippen LogP contribution in [0.25, 0.3) is 0 Å². The van der Waals surface area contributed by atoms with Gasteiger partial charge in [-0.05, 0) is 0 Å². The van der Waals surface area contributed by atoms with E-state index < -0.39 is 0 Å². The van der Waals surface area contributed by atoms with Crippen LogP contribution in [0.4, 0.5) is 0 Å². The molecule has 0 spiro atoms. The van der Waals surface area contributed by atoms with E-state index >= 15 is 0 Å². The molecule has 0 unspecified atom stereocenters. The normalized spacial score (nSPS) is 15.6. The molecule has 0 saturated heterocycles. The molecule has 0 N–H and O–H groups in total. The molecular weight excluding hydrogens is 192 g/mol. The number of rotatable bonds is 8. The molecule has 4 nitrogen and oxygen atoms in total. The van der Waals surface area contributed by atoms with Crippen LogP contribution in [0.15, 0.2) is 10.2 Å². The first-order chi connectivity index (χ1) is 7.33. The number of terminal acetylenes is 2. The SMILES string of the molecule is C#CCOCCC1(CCOCC#C)N=N1. The molecular formula is C11H14N2O2. The third-order valence-electron chi connectivity index (χ3n) is 2.05. The average molecular weight is 206 g/mol. The predicted molar refractivity (Wildman–Crippen MR) is 56.1 cm³/mol. The van der Waals surface area contributed by atoms with Crippen molar-refractivity contribution in [1.82, 2.24) is 0 Å². The van der Waals surface area contributed by atoms with E-state index in [0.29, 0.717) is 26.4 Å². The minimum atomic E-state index is -0.288. The fourth-order valence-corrected chi connectivity index (χ4v) is 1.13. The molecule has 0 atom stereocenters. The monoisotopic (exact) mass is 206 g/mol. The Morgan fingerprint density at radius 2 is 1.40 bits per heavy atom. The maximum atomic E-state index is 5.16. The summed E-state index contributed by atoms with van der Waals surface area (Å²) in [6, 6.07) is 0. The largest absolute Gasteiger partial charge is 0.369 e. The highest BCUT2D eigenvalue weighted by Crippen LogP contribution is 2.35. The zero-order valence-corrected chi connectivity index (χ0v) is 8.61. The Morgan fingerprint density at radius 3 is 1.73 bits per heavy atom. The molecule has 0 saturated carbocycles. The molecule has 1 aliphatic rings. The molecule has 15 heavy (non-hydrogen) atoms. The topological polar surface area (TPSA) is 43.2 Å². The molecule has 0 bridgehead atoms. The third-order valence-corrected chi connectivity index (χ3v) is 2.05. The first-order valence-corrected chi connectivity index (χ1v) is 4.79. The van der Waals surface area contributed by atoms with Gasteiger partial charge < -0.3 is 9.47 Å². The maximum Gasteiger partial charge on any atom is 0.195 e. The van der Waals surface area contributed by atoms with Crippen LogP contribution >= 0.6 is 0 Å². The van der Waals surface area contributed by atoms with Crippen molar-refractivity contribution >= 4 is 0 Å². The maximum absolute atomic E-state index is 5.16. The summed E-state index contributed by atoms with van der Waals surface area (Å²) in [5, 5.41) is 7.98. The lowest BCUT2D eigenvalue weighted by molar-refractivity contribution is 0.129. The summed E-state index contributed by atoms with van der Waals surface area (Å²) in [5.74, 6) is 4.81. The second-order valence-corrected chi connectivity index (χ2v) is 3.20. The highest BCUT2D eigenvalue weighted by atomic mass is 16.5. The van der Waals surface area contributed by atoms with Crippen molar-refractivity contribution in [2.75, 3.05) is 26.4 Å². The molecule has 0 aromatic carbocycles. The van der Waals surface area contributed by atoms with Crippen molar-refractivity contribution in [2.24, 2.45) is 10.2 Å². The molecule has 0 aromatic heterocycles. The standard InChI is InChI=1S/C11H14N2O2/c1-3-7-14-9-5-11(12-13-11)6-10-15-8-4-2/h1-2H,5-10H2. The van der Waals surface area contributed by atoms with E-state index in [1.54, 1.807) is 0 Å². The van der Waals surface area contributed by atoms with E-state index in [1.165, 1.54) is 0 Å². The molecule has 0 amide bonds. The lowest BCUT2D eigenvalue weighted by Crippen LogP contribution is -2.17. The van der Waals surface area contributed by atoms with Crippen LogP contribution in [0.1, 0.15) is 12.8 Å². The molecule has 1 aliphatic heterocycles. The summed E-state index contributed by atoms with van der Waals surface area (Å²) in [4.78, 5) is 0. The lowest BCUT2D eigenvalue weighted by atomic mass is 10.1. The second kappa shape index (κ2) is 6.19. The van der Waals surface area contributed by atoms with Crippen LogP contribution in [-0.4, -0.2) is 32.1 Å². The quantitative estimate of drug-likeness (QED) is 0.443. The van der Waals surface area contributed by atoms with E-state index in [2.05, 4.69) is 22.1 Å². The highest BCUT2D eigenvalue weighted by molar-refractivity contribution is 4.93. The van der Waals surface area contributed by atoms with E-state index in [4.69, 9.17) is 22.3 Å². The smallest absolute Gasteiger partial charge is 0.195 e. The third kappa shape index (κ3) is 4.60. The van der Waals surface area contributed by atoms with Gasteiger partial charge in [-0.15, -0.1) is 12.8 Å². The van der Waals surface area contributed by atoms with Crippen molar-refractivity contribution in [3.8, 4) is 24.7 Å². The van der Waals surface area contributed by atoms with Crippen molar-refractivity contribution in [2.45, 2.75) is 18.5 Å². The minimum Gasteiger partial charge on any atom is -0.369 e. The molecule has 1 rings (SSSR count). The zero-order valence-electron chi connectivity index (χ0n) is 8.61. The van der Waals surface area contributed by atoms with Gasteiger partial charge in [-0.3, -0.25) is 0 Å². The van der Waals surface area contributed by atoms with E-state index in [0.717, 1.165) is 12.8 Å². The van der Waals surface area contributed by atoms with Gasteiger partial charge in [0, 0.05) is 12.8 Å². The van der Waals surface area contributed by atoms with Gasteiger partial charge in [0.25, 0.3) is 0 Å². The molecule has 1 heterocycles. The molecule has 0 aromatic rings. The highest BCUT2D eigenvalue weighted by Gasteiger charge is 2.38. The Hall–Kier alpha value is -1.36. The number of ether oxygens (including phenoxy) is 2. The van der Waals surface area contributed by atoms with Gasteiger partial charge in [0.2, 0.25) is 0 Å². The Kier molecular flexibility index (Phi) is 4.83. The van der Waals surface area contributed by atoms with Crippen molar-refractivity contribution in [3.05, 3.63) is 0 Å². The zero-order chi connectivity index (χ0) is 11.0. The second-order valence-electron chi connectivity index (χ2n) is 3.20.